The molecule has 4 nitrogen and oxygen atoms in total. The van der Waals surface area contributed by atoms with Crippen LogP contribution in [0.4, 0.5) is 5.69 Å². The summed E-state index contributed by atoms with van der Waals surface area (Å²) in [5.74, 6) is -0.378. The predicted molar refractivity (Wildman–Crippen MR) is 130 cm³/mol. The smallest absolute Gasteiger partial charge is 0.248 e. The van der Waals surface area contributed by atoms with Crippen LogP contribution in [0.1, 0.15) is 49.0 Å². The Balaban J connectivity index is 1.44. The number of hydrogen-bond donors (Lipinski definition) is 1. The average molecular weight is 438 g/mol. The topological polar surface area (TPSA) is 49.6 Å². The van der Waals surface area contributed by atoms with Gasteiger partial charge in [0.05, 0.1) is 0 Å². The van der Waals surface area contributed by atoms with E-state index in [2.05, 4.69) is 35.8 Å². The van der Waals surface area contributed by atoms with E-state index in [1.165, 1.54) is 24.0 Å². The summed E-state index contributed by atoms with van der Waals surface area (Å²) >= 11 is 6.14. The molecule has 5 heteroatoms. The zero-order valence-electron chi connectivity index (χ0n) is 18.5. The van der Waals surface area contributed by atoms with E-state index in [1.807, 2.05) is 36.4 Å². The number of anilines is 1. The summed E-state index contributed by atoms with van der Waals surface area (Å²) in [5, 5.41) is 0.793. The maximum absolute atomic E-state index is 11.3. The Morgan fingerprint density at radius 1 is 1.00 bits per heavy atom. The SMILES string of the molecule is CC1(C)CCC(CN2CCN(c3ccc(C(N)=O)cc3)CC2)=C(c2ccc(Cl)cc2)C1. The molecule has 1 amide bonds. The first-order chi connectivity index (χ1) is 14.8. The molecule has 2 aromatic carbocycles. The molecule has 1 saturated heterocycles. The molecule has 1 heterocycles. The minimum absolute atomic E-state index is 0.342. The lowest BCUT2D eigenvalue weighted by atomic mass is 9.72. The Morgan fingerprint density at radius 2 is 1.65 bits per heavy atom. The van der Waals surface area contributed by atoms with Crippen molar-refractivity contribution in [1.82, 2.24) is 4.90 Å². The number of carbonyl (C=O) groups is 1. The molecule has 2 N–H and O–H groups in total. The highest BCUT2D eigenvalue weighted by Gasteiger charge is 2.29. The Kier molecular flexibility index (Phi) is 6.40. The third kappa shape index (κ3) is 5.31. The summed E-state index contributed by atoms with van der Waals surface area (Å²) in [5.41, 5.74) is 11.8. The summed E-state index contributed by atoms with van der Waals surface area (Å²) in [6, 6.07) is 16.0. The molecule has 4 rings (SSSR count). The van der Waals surface area contributed by atoms with Gasteiger partial charge in [0.2, 0.25) is 5.91 Å². The van der Waals surface area contributed by atoms with Crippen LogP contribution in [0.15, 0.2) is 54.1 Å². The van der Waals surface area contributed by atoms with Gasteiger partial charge in [-0.3, -0.25) is 9.69 Å². The van der Waals surface area contributed by atoms with Crippen LogP contribution >= 0.6 is 11.6 Å². The van der Waals surface area contributed by atoms with Crippen molar-refractivity contribution >= 4 is 28.8 Å². The molecule has 2 aliphatic rings. The second-order valence-electron chi connectivity index (χ2n) is 9.60. The number of rotatable bonds is 5. The highest BCUT2D eigenvalue weighted by Crippen LogP contribution is 2.43. The number of nitrogens with zero attached hydrogens (tertiary/aromatic N) is 2. The fraction of sp³-hybridized carbons (Fsp3) is 0.423. The molecule has 0 bridgehead atoms. The Labute approximate surface area is 190 Å². The molecule has 0 radical (unpaired) electrons. The summed E-state index contributed by atoms with van der Waals surface area (Å²) in [6.07, 6.45) is 3.53. The van der Waals surface area contributed by atoms with Gasteiger partial charge in [-0.15, -0.1) is 0 Å². The molecular weight excluding hydrogens is 406 g/mol. The van der Waals surface area contributed by atoms with Crippen LogP contribution < -0.4 is 10.6 Å². The van der Waals surface area contributed by atoms with Gasteiger partial charge in [0.25, 0.3) is 0 Å². The molecule has 1 aliphatic heterocycles. The number of allylic oxidation sites excluding steroid dienone is 1. The first-order valence-electron chi connectivity index (χ1n) is 11.1. The van der Waals surface area contributed by atoms with Crippen molar-refractivity contribution in [3.63, 3.8) is 0 Å². The minimum Gasteiger partial charge on any atom is -0.369 e. The van der Waals surface area contributed by atoms with Crippen LogP contribution in [0.25, 0.3) is 5.57 Å². The van der Waals surface area contributed by atoms with Crippen molar-refractivity contribution in [2.75, 3.05) is 37.6 Å². The lowest BCUT2D eigenvalue weighted by molar-refractivity contribution is 0.100. The van der Waals surface area contributed by atoms with Crippen LogP contribution in [0.5, 0.6) is 0 Å². The zero-order valence-corrected chi connectivity index (χ0v) is 19.3. The molecule has 0 spiro atoms. The number of benzene rings is 2. The maximum Gasteiger partial charge on any atom is 0.248 e. The number of amides is 1. The summed E-state index contributed by atoms with van der Waals surface area (Å²) in [4.78, 5) is 16.3. The van der Waals surface area contributed by atoms with E-state index in [4.69, 9.17) is 17.3 Å². The van der Waals surface area contributed by atoms with E-state index in [9.17, 15) is 4.79 Å². The Hall–Kier alpha value is -2.30. The van der Waals surface area contributed by atoms with E-state index in [-0.39, 0.29) is 5.91 Å². The number of nitrogens with two attached hydrogens (primary N) is 1. The van der Waals surface area contributed by atoms with Crippen LogP contribution in [-0.4, -0.2) is 43.5 Å². The molecule has 0 atom stereocenters. The van der Waals surface area contributed by atoms with Gasteiger partial charge in [0, 0.05) is 49.0 Å². The van der Waals surface area contributed by atoms with Crippen molar-refractivity contribution in [2.24, 2.45) is 11.1 Å². The zero-order chi connectivity index (χ0) is 22.0. The second kappa shape index (κ2) is 9.05. The standard InChI is InChI=1S/C26H32ClN3O/c1-26(2)12-11-21(24(17-26)19-3-7-22(27)8-4-19)18-29-13-15-30(16-14-29)23-9-5-20(6-10-23)25(28)31/h3-10H,11-18H2,1-2H3,(H2,28,31). The third-order valence-electron chi connectivity index (χ3n) is 6.68. The second-order valence-corrected chi connectivity index (χ2v) is 10.0. The largest absolute Gasteiger partial charge is 0.369 e. The van der Waals surface area contributed by atoms with Crippen LogP contribution in [-0.2, 0) is 0 Å². The number of primary amides is 1. The van der Waals surface area contributed by atoms with Crippen LogP contribution in [0, 0.1) is 5.41 Å². The lowest BCUT2D eigenvalue weighted by Gasteiger charge is -2.39. The first kappa shape index (κ1) is 21.9. The number of carbonyl (C=O) groups excluding carboxylic acids is 1. The summed E-state index contributed by atoms with van der Waals surface area (Å²) in [6.45, 7) is 9.86. The fourth-order valence-corrected chi connectivity index (χ4v) is 4.86. The molecule has 0 aromatic heterocycles. The van der Waals surface area contributed by atoms with Crippen molar-refractivity contribution in [1.29, 1.82) is 0 Å². The predicted octanol–water partition coefficient (Wildman–Crippen LogP) is 5.22. The highest BCUT2D eigenvalue weighted by molar-refractivity contribution is 6.30. The van der Waals surface area contributed by atoms with E-state index in [0.29, 0.717) is 11.0 Å². The number of hydrogen-bond acceptors (Lipinski definition) is 3. The van der Waals surface area contributed by atoms with Gasteiger partial charge in [0.1, 0.15) is 0 Å². The quantitative estimate of drug-likeness (QED) is 0.697. The van der Waals surface area contributed by atoms with Gasteiger partial charge in [-0.1, -0.05) is 43.2 Å². The van der Waals surface area contributed by atoms with Crippen molar-refractivity contribution in [2.45, 2.75) is 33.1 Å². The molecule has 0 saturated carbocycles. The van der Waals surface area contributed by atoms with Crippen molar-refractivity contribution in [3.8, 4) is 0 Å². The maximum atomic E-state index is 11.3. The Bertz CT molecular complexity index is 955. The van der Waals surface area contributed by atoms with Gasteiger partial charge in [-0.2, -0.15) is 0 Å². The van der Waals surface area contributed by atoms with Gasteiger partial charge >= 0.3 is 0 Å². The van der Waals surface area contributed by atoms with E-state index < -0.39 is 0 Å². The number of piperazine rings is 1. The molecular formula is C26H32ClN3O. The van der Waals surface area contributed by atoms with Gasteiger partial charge < -0.3 is 10.6 Å². The van der Waals surface area contributed by atoms with Crippen molar-refractivity contribution < 1.29 is 4.79 Å². The van der Waals surface area contributed by atoms with Crippen molar-refractivity contribution in [3.05, 3.63) is 70.3 Å². The summed E-state index contributed by atoms with van der Waals surface area (Å²) in [7, 11) is 0. The van der Waals surface area contributed by atoms with Crippen LogP contribution in [0.2, 0.25) is 5.02 Å². The van der Waals surface area contributed by atoms with E-state index >= 15 is 0 Å². The molecule has 0 unspecified atom stereocenters. The lowest BCUT2D eigenvalue weighted by Crippen LogP contribution is -2.47. The molecule has 1 fully saturated rings. The fourth-order valence-electron chi connectivity index (χ4n) is 4.73. The third-order valence-corrected chi connectivity index (χ3v) is 6.93. The normalized spacial score (nSPS) is 19.5. The van der Waals surface area contributed by atoms with Crippen LogP contribution in [0.3, 0.4) is 0 Å². The monoisotopic (exact) mass is 437 g/mol. The molecule has 31 heavy (non-hydrogen) atoms. The highest BCUT2D eigenvalue weighted by atomic mass is 35.5. The summed E-state index contributed by atoms with van der Waals surface area (Å²) < 4.78 is 0. The first-order valence-corrected chi connectivity index (χ1v) is 11.5. The molecule has 1 aliphatic carbocycles. The average Bonchev–Trinajstić information content (AvgIpc) is 2.76. The van der Waals surface area contributed by atoms with E-state index in [1.54, 1.807) is 5.57 Å². The number of halogens is 1. The molecule has 164 valence electrons. The van der Waals surface area contributed by atoms with Gasteiger partial charge in [-0.05, 0) is 72.2 Å². The van der Waals surface area contributed by atoms with Gasteiger partial charge in [0.15, 0.2) is 0 Å². The minimum atomic E-state index is -0.378. The van der Waals surface area contributed by atoms with E-state index in [0.717, 1.165) is 49.9 Å². The molecule has 2 aromatic rings. The Morgan fingerprint density at radius 3 is 2.26 bits per heavy atom. The van der Waals surface area contributed by atoms with Gasteiger partial charge in [-0.25, -0.2) is 0 Å².